The molecule has 0 amide bonds. The summed E-state index contributed by atoms with van der Waals surface area (Å²) in [6.07, 6.45) is 1.60. The predicted molar refractivity (Wildman–Crippen MR) is 167 cm³/mol. The number of fused-ring (bicyclic) bond motifs is 1. The molecule has 1 aliphatic rings. The van der Waals surface area contributed by atoms with Crippen molar-refractivity contribution in [3.63, 3.8) is 0 Å². The Hall–Kier alpha value is -2.53. The number of pyridine rings is 1. The number of rotatable bonds is 12. The number of ether oxygens (including phenoxy) is 1. The van der Waals surface area contributed by atoms with Crippen LogP contribution in [0.15, 0.2) is 59.4 Å². The van der Waals surface area contributed by atoms with E-state index in [4.69, 9.17) is 9.16 Å². The maximum atomic E-state index is 12.1. The van der Waals surface area contributed by atoms with Gasteiger partial charge in [0.05, 0.1) is 23.8 Å². The quantitative estimate of drug-likeness (QED) is 0.151. The molecule has 224 valence electrons. The maximum absolute atomic E-state index is 12.1. The standard InChI is InChI=1S/C32H47N3O5Si/c1-31(2,3)41(4,5)40-27(24-11-13-26(36)30-25(24)12-14-29(37)35-30)21-34-28(32(38)16-18-33-19-17-32)15-20-39-22-23-9-7-6-8-10-23/h6-14,27-28,33-34,36,38H,15-22H2,1-5H3,(H,35,37). The Morgan fingerprint density at radius 2 is 1.76 bits per heavy atom. The molecular formula is C32H47N3O5Si. The number of phenolic OH excluding ortho intramolecular Hbond substituents is 1. The summed E-state index contributed by atoms with van der Waals surface area (Å²) in [6.45, 7) is 14.1. The number of nitrogens with one attached hydrogen (secondary N) is 3. The van der Waals surface area contributed by atoms with Gasteiger partial charge in [0.1, 0.15) is 5.75 Å². The van der Waals surface area contributed by atoms with Crippen LogP contribution in [0, 0.1) is 0 Å². The van der Waals surface area contributed by atoms with Crippen LogP contribution in [0.25, 0.3) is 10.9 Å². The molecule has 2 aromatic carbocycles. The lowest BCUT2D eigenvalue weighted by Gasteiger charge is -2.42. The highest BCUT2D eigenvalue weighted by Crippen LogP contribution is 2.41. The number of aromatic amines is 1. The summed E-state index contributed by atoms with van der Waals surface area (Å²) >= 11 is 0. The number of phenols is 1. The number of hydrogen-bond acceptors (Lipinski definition) is 7. The Morgan fingerprint density at radius 3 is 2.44 bits per heavy atom. The SMILES string of the molecule is CC(C)(C)[Si](C)(C)OC(CNC(CCOCc1ccccc1)C1(O)CCNCC1)c1ccc(O)c2[nH]c(=O)ccc12. The first-order chi connectivity index (χ1) is 19.4. The van der Waals surface area contributed by atoms with E-state index >= 15 is 0 Å². The molecule has 0 spiro atoms. The summed E-state index contributed by atoms with van der Waals surface area (Å²) in [6, 6.07) is 16.6. The summed E-state index contributed by atoms with van der Waals surface area (Å²) in [5, 5.41) is 30.1. The van der Waals surface area contributed by atoms with Crippen molar-refractivity contribution in [2.24, 2.45) is 0 Å². The number of H-pyrrole nitrogens is 1. The van der Waals surface area contributed by atoms with Crippen LogP contribution in [0.3, 0.4) is 0 Å². The highest BCUT2D eigenvalue weighted by Gasteiger charge is 2.41. The van der Waals surface area contributed by atoms with Crippen molar-refractivity contribution in [2.75, 3.05) is 26.2 Å². The second-order valence-electron chi connectivity index (χ2n) is 12.8. The van der Waals surface area contributed by atoms with Gasteiger partial charge in [-0.25, -0.2) is 0 Å². The largest absolute Gasteiger partial charge is 0.506 e. The first-order valence-corrected chi connectivity index (χ1v) is 17.6. The van der Waals surface area contributed by atoms with Crippen LogP contribution in [-0.2, 0) is 15.8 Å². The van der Waals surface area contributed by atoms with Crippen LogP contribution < -0.4 is 16.2 Å². The second kappa shape index (κ2) is 13.2. The number of aliphatic hydroxyl groups is 1. The van der Waals surface area contributed by atoms with Crippen LogP contribution in [0.1, 0.15) is 57.3 Å². The minimum Gasteiger partial charge on any atom is -0.506 e. The van der Waals surface area contributed by atoms with E-state index in [2.05, 4.69) is 49.5 Å². The van der Waals surface area contributed by atoms with E-state index in [9.17, 15) is 15.0 Å². The van der Waals surface area contributed by atoms with Gasteiger partial charge in [0.2, 0.25) is 5.56 Å². The fraction of sp³-hybridized carbons (Fsp3) is 0.531. The van der Waals surface area contributed by atoms with E-state index in [1.165, 1.54) is 6.07 Å². The van der Waals surface area contributed by atoms with Gasteiger partial charge in [0.15, 0.2) is 8.32 Å². The maximum Gasteiger partial charge on any atom is 0.248 e. The van der Waals surface area contributed by atoms with Gasteiger partial charge in [-0.05, 0) is 73.7 Å². The van der Waals surface area contributed by atoms with Crippen molar-refractivity contribution in [2.45, 2.75) is 82.5 Å². The Kier molecular flexibility index (Phi) is 10.1. The molecule has 0 saturated carbocycles. The van der Waals surface area contributed by atoms with Gasteiger partial charge in [0, 0.05) is 30.6 Å². The highest BCUT2D eigenvalue weighted by atomic mass is 28.4. The molecule has 2 atom stereocenters. The molecule has 41 heavy (non-hydrogen) atoms. The van der Waals surface area contributed by atoms with Crippen molar-refractivity contribution < 1.29 is 19.4 Å². The van der Waals surface area contributed by atoms with E-state index in [1.54, 1.807) is 12.1 Å². The molecule has 0 bridgehead atoms. The summed E-state index contributed by atoms with van der Waals surface area (Å²) in [7, 11) is -2.23. The molecule has 1 fully saturated rings. The van der Waals surface area contributed by atoms with Gasteiger partial charge in [0.25, 0.3) is 0 Å². The molecule has 1 aromatic heterocycles. The predicted octanol–water partition coefficient (Wildman–Crippen LogP) is 4.98. The lowest BCUT2D eigenvalue weighted by molar-refractivity contribution is -0.0380. The van der Waals surface area contributed by atoms with Crippen LogP contribution in [0.5, 0.6) is 5.75 Å². The average Bonchev–Trinajstić information content (AvgIpc) is 2.92. The number of hydrogen-bond donors (Lipinski definition) is 5. The van der Waals surface area contributed by atoms with E-state index in [0.717, 1.165) is 29.6 Å². The van der Waals surface area contributed by atoms with Crippen molar-refractivity contribution >= 4 is 19.2 Å². The molecule has 5 N–H and O–H groups in total. The lowest BCUT2D eigenvalue weighted by Crippen LogP contribution is -2.57. The summed E-state index contributed by atoms with van der Waals surface area (Å²) in [4.78, 5) is 14.9. The zero-order valence-electron chi connectivity index (χ0n) is 25.1. The molecule has 3 aromatic rings. The van der Waals surface area contributed by atoms with Gasteiger partial charge < -0.3 is 35.0 Å². The molecule has 4 rings (SSSR count). The molecule has 1 aliphatic heterocycles. The fourth-order valence-electron chi connectivity index (χ4n) is 5.27. The van der Waals surface area contributed by atoms with Gasteiger partial charge >= 0.3 is 0 Å². The monoisotopic (exact) mass is 581 g/mol. The first kappa shape index (κ1) is 31.4. The molecule has 2 unspecified atom stereocenters. The summed E-state index contributed by atoms with van der Waals surface area (Å²) < 4.78 is 13.0. The zero-order chi connectivity index (χ0) is 29.7. The Balaban J connectivity index is 1.59. The minimum absolute atomic E-state index is 0.0236. The molecule has 0 aliphatic carbocycles. The lowest BCUT2D eigenvalue weighted by atomic mass is 9.83. The third kappa shape index (κ3) is 7.85. The number of aromatic hydroxyl groups is 1. The number of benzene rings is 2. The van der Waals surface area contributed by atoms with Crippen molar-refractivity contribution in [3.05, 3.63) is 76.1 Å². The van der Waals surface area contributed by atoms with Crippen LogP contribution >= 0.6 is 0 Å². The summed E-state index contributed by atoms with van der Waals surface area (Å²) in [5.74, 6) is 0.0259. The normalized spacial score (nSPS) is 17.4. The van der Waals surface area contributed by atoms with Crippen LogP contribution in [0.2, 0.25) is 18.1 Å². The molecular weight excluding hydrogens is 534 g/mol. The molecule has 2 heterocycles. The van der Waals surface area contributed by atoms with Gasteiger partial charge in [-0.2, -0.15) is 0 Å². The molecule has 0 radical (unpaired) electrons. The second-order valence-corrected chi connectivity index (χ2v) is 17.5. The van der Waals surface area contributed by atoms with E-state index in [1.807, 2.05) is 36.4 Å². The Morgan fingerprint density at radius 1 is 1.05 bits per heavy atom. The van der Waals surface area contributed by atoms with Crippen molar-refractivity contribution in [3.8, 4) is 5.75 Å². The molecule has 8 nitrogen and oxygen atoms in total. The number of aromatic nitrogens is 1. The van der Waals surface area contributed by atoms with E-state index < -0.39 is 13.9 Å². The van der Waals surface area contributed by atoms with Crippen LogP contribution in [0.4, 0.5) is 0 Å². The van der Waals surface area contributed by atoms with Crippen LogP contribution in [-0.4, -0.2) is 61.4 Å². The average molecular weight is 582 g/mol. The van der Waals surface area contributed by atoms with Gasteiger partial charge in [-0.15, -0.1) is 0 Å². The smallest absolute Gasteiger partial charge is 0.248 e. The first-order valence-electron chi connectivity index (χ1n) is 14.7. The van der Waals surface area contributed by atoms with Crippen molar-refractivity contribution in [1.29, 1.82) is 0 Å². The fourth-order valence-corrected chi connectivity index (χ4v) is 6.55. The van der Waals surface area contributed by atoms with E-state index in [0.29, 0.717) is 44.5 Å². The molecule has 9 heteroatoms. The van der Waals surface area contributed by atoms with Gasteiger partial charge in [-0.1, -0.05) is 57.2 Å². The Bertz CT molecular complexity index is 1330. The zero-order valence-corrected chi connectivity index (χ0v) is 26.1. The number of piperidine rings is 1. The van der Waals surface area contributed by atoms with Crippen molar-refractivity contribution in [1.82, 2.24) is 15.6 Å². The highest BCUT2D eigenvalue weighted by molar-refractivity contribution is 6.74. The third-order valence-corrected chi connectivity index (χ3v) is 13.3. The molecule has 1 saturated heterocycles. The minimum atomic E-state index is -2.23. The third-order valence-electron chi connectivity index (χ3n) is 8.83. The Labute approximate surface area is 244 Å². The van der Waals surface area contributed by atoms with Gasteiger partial charge in [-0.3, -0.25) is 4.79 Å². The topological polar surface area (TPSA) is 116 Å². The van der Waals surface area contributed by atoms with E-state index in [-0.39, 0.29) is 28.5 Å². The summed E-state index contributed by atoms with van der Waals surface area (Å²) in [5.41, 5.74) is 1.28.